The van der Waals surface area contributed by atoms with Crippen molar-refractivity contribution >= 4 is 28.4 Å². The number of fused-ring (bicyclic) bond motifs is 1. The van der Waals surface area contributed by atoms with Gasteiger partial charge < -0.3 is 9.88 Å². The lowest BCUT2D eigenvalue weighted by Crippen LogP contribution is -2.25. The summed E-state index contributed by atoms with van der Waals surface area (Å²) in [6.45, 7) is 0.563. The van der Waals surface area contributed by atoms with Crippen molar-refractivity contribution < 1.29 is 4.79 Å². The van der Waals surface area contributed by atoms with Gasteiger partial charge in [0, 0.05) is 35.9 Å². The first kappa shape index (κ1) is 14.7. The molecule has 0 saturated carbocycles. The number of amides is 1. The van der Waals surface area contributed by atoms with Crippen LogP contribution in [0.3, 0.4) is 0 Å². The molecule has 3 nitrogen and oxygen atoms in total. The molecule has 4 heteroatoms. The minimum atomic E-state index is -0.0600. The largest absolute Gasteiger partial charge is 0.352 e. The second kappa shape index (κ2) is 6.24. The van der Waals surface area contributed by atoms with Gasteiger partial charge in [-0.1, -0.05) is 35.9 Å². The normalized spacial score (nSPS) is 10.8. The number of carbonyl (C=O) groups excluding carboxylic acids is 1. The summed E-state index contributed by atoms with van der Waals surface area (Å²) >= 11 is 6.11. The van der Waals surface area contributed by atoms with Gasteiger partial charge in [-0.05, 0) is 41.6 Å². The Morgan fingerprint density at radius 3 is 2.82 bits per heavy atom. The Kier molecular flexibility index (Phi) is 4.16. The molecule has 1 amide bonds. The van der Waals surface area contributed by atoms with Crippen LogP contribution in [0.2, 0.25) is 5.02 Å². The van der Waals surface area contributed by atoms with Crippen LogP contribution in [0, 0.1) is 0 Å². The monoisotopic (exact) mass is 312 g/mol. The lowest BCUT2D eigenvalue weighted by molar-refractivity contribution is 0.0954. The molecule has 22 heavy (non-hydrogen) atoms. The summed E-state index contributed by atoms with van der Waals surface area (Å²) in [6.07, 6.45) is 2.71. The molecular formula is C18H17ClN2O. The molecule has 0 aliphatic heterocycles. The molecule has 0 fully saturated rings. The fraction of sp³-hybridized carbons (Fsp3) is 0.167. The van der Waals surface area contributed by atoms with Gasteiger partial charge in [0.05, 0.1) is 0 Å². The number of aromatic nitrogens is 1. The van der Waals surface area contributed by atoms with E-state index in [9.17, 15) is 4.79 Å². The summed E-state index contributed by atoms with van der Waals surface area (Å²) in [7, 11) is 1.97. The quantitative estimate of drug-likeness (QED) is 0.781. The van der Waals surface area contributed by atoms with Crippen LogP contribution < -0.4 is 5.32 Å². The third-order valence-electron chi connectivity index (χ3n) is 3.79. The zero-order valence-electron chi connectivity index (χ0n) is 12.3. The van der Waals surface area contributed by atoms with Gasteiger partial charge in [-0.25, -0.2) is 0 Å². The van der Waals surface area contributed by atoms with E-state index in [1.54, 1.807) is 0 Å². The number of hydrogen-bond acceptors (Lipinski definition) is 1. The summed E-state index contributed by atoms with van der Waals surface area (Å²) in [5.74, 6) is -0.0600. The van der Waals surface area contributed by atoms with Crippen molar-refractivity contribution in [3.8, 4) is 0 Å². The predicted molar refractivity (Wildman–Crippen MR) is 90.4 cm³/mol. The lowest BCUT2D eigenvalue weighted by Gasteiger charge is -2.07. The summed E-state index contributed by atoms with van der Waals surface area (Å²) in [4.78, 5) is 12.2. The zero-order chi connectivity index (χ0) is 15.5. The van der Waals surface area contributed by atoms with E-state index in [1.165, 1.54) is 0 Å². The molecule has 1 N–H and O–H groups in total. The fourth-order valence-electron chi connectivity index (χ4n) is 2.52. The van der Waals surface area contributed by atoms with Gasteiger partial charge in [0.25, 0.3) is 5.91 Å². The second-order valence-corrected chi connectivity index (χ2v) is 5.70. The van der Waals surface area contributed by atoms with Crippen LogP contribution >= 0.6 is 11.6 Å². The number of carbonyl (C=O) groups is 1. The standard InChI is InChI=1S/C18H17ClN2O/c1-21-11-9-14-6-7-15(12-17(14)21)18(22)20-10-8-13-4-2-3-5-16(13)19/h2-7,9,11-12H,8,10H2,1H3,(H,20,22). The van der Waals surface area contributed by atoms with E-state index in [2.05, 4.69) is 5.32 Å². The summed E-state index contributed by atoms with van der Waals surface area (Å²) in [5, 5.41) is 4.82. The Bertz CT molecular complexity index is 823. The van der Waals surface area contributed by atoms with Gasteiger partial charge in [-0.2, -0.15) is 0 Å². The van der Waals surface area contributed by atoms with Crippen molar-refractivity contribution in [3.05, 3.63) is 70.9 Å². The molecule has 0 spiro atoms. The molecule has 0 unspecified atom stereocenters. The van der Waals surface area contributed by atoms with Crippen molar-refractivity contribution in [2.45, 2.75) is 6.42 Å². The molecular weight excluding hydrogens is 296 g/mol. The third kappa shape index (κ3) is 3.00. The highest BCUT2D eigenvalue weighted by atomic mass is 35.5. The number of rotatable bonds is 4. The highest BCUT2D eigenvalue weighted by Crippen LogP contribution is 2.17. The summed E-state index contributed by atoms with van der Waals surface area (Å²) < 4.78 is 2.01. The molecule has 1 aromatic heterocycles. The number of nitrogens with one attached hydrogen (secondary N) is 1. The smallest absolute Gasteiger partial charge is 0.251 e. The highest BCUT2D eigenvalue weighted by molar-refractivity contribution is 6.31. The number of aryl methyl sites for hydroxylation is 1. The van der Waals surface area contributed by atoms with Crippen molar-refractivity contribution in [3.63, 3.8) is 0 Å². The van der Waals surface area contributed by atoms with Crippen molar-refractivity contribution in [1.82, 2.24) is 9.88 Å². The van der Waals surface area contributed by atoms with Crippen LogP contribution in [-0.4, -0.2) is 17.0 Å². The predicted octanol–water partition coefficient (Wildman–Crippen LogP) is 3.80. The molecule has 0 bridgehead atoms. The van der Waals surface area contributed by atoms with E-state index in [0.717, 1.165) is 27.9 Å². The maximum Gasteiger partial charge on any atom is 0.251 e. The first-order valence-electron chi connectivity index (χ1n) is 7.22. The lowest BCUT2D eigenvalue weighted by atomic mass is 10.1. The Balaban J connectivity index is 1.66. The Morgan fingerprint density at radius 1 is 1.18 bits per heavy atom. The van der Waals surface area contributed by atoms with Gasteiger partial charge in [-0.15, -0.1) is 0 Å². The van der Waals surface area contributed by atoms with Gasteiger partial charge in [-0.3, -0.25) is 4.79 Å². The van der Waals surface area contributed by atoms with E-state index in [1.807, 2.05) is 66.3 Å². The average Bonchev–Trinajstić information content (AvgIpc) is 2.90. The molecule has 112 valence electrons. The van der Waals surface area contributed by atoms with E-state index in [0.29, 0.717) is 12.1 Å². The molecule has 2 aromatic carbocycles. The van der Waals surface area contributed by atoms with Gasteiger partial charge in [0.15, 0.2) is 0 Å². The minimum absolute atomic E-state index is 0.0600. The highest BCUT2D eigenvalue weighted by Gasteiger charge is 2.08. The zero-order valence-corrected chi connectivity index (χ0v) is 13.1. The molecule has 1 heterocycles. The number of nitrogens with zero attached hydrogens (tertiary/aromatic N) is 1. The minimum Gasteiger partial charge on any atom is -0.352 e. The Hall–Kier alpha value is -2.26. The number of halogens is 1. The van der Waals surface area contributed by atoms with Crippen LogP contribution in [0.4, 0.5) is 0 Å². The van der Waals surface area contributed by atoms with Gasteiger partial charge in [0.1, 0.15) is 0 Å². The Labute approximate surface area is 134 Å². The number of hydrogen-bond donors (Lipinski definition) is 1. The summed E-state index contributed by atoms with van der Waals surface area (Å²) in [6, 6.07) is 15.5. The van der Waals surface area contributed by atoms with Gasteiger partial charge >= 0.3 is 0 Å². The molecule has 0 radical (unpaired) electrons. The van der Waals surface area contributed by atoms with Crippen LogP contribution in [0.25, 0.3) is 10.9 Å². The van der Waals surface area contributed by atoms with Crippen molar-refractivity contribution in [2.75, 3.05) is 6.54 Å². The van der Waals surface area contributed by atoms with Crippen LogP contribution in [0.1, 0.15) is 15.9 Å². The molecule has 0 aliphatic carbocycles. The summed E-state index contributed by atoms with van der Waals surface area (Å²) in [5.41, 5.74) is 2.77. The molecule has 3 aromatic rings. The maximum atomic E-state index is 12.2. The average molecular weight is 313 g/mol. The maximum absolute atomic E-state index is 12.2. The Morgan fingerprint density at radius 2 is 2.00 bits per heavy atom. The van der Waals surface area contributed by atoms with E-state index < -0.39 is 0 Å². The topological polar surface area (TPSA) is 34.0 Å². The van der Waals surface area contributed by atoms with Crippen molar-refractivity contribution in [2.24, 2.45) is 7.05 Å². The molecule has 3 rings (SSSR count). The molecule has 0 saturated heterocycles. The third-order valence-corrected chi connectivity index (χ3v) is 4.16. The van der Waals surface area contributed by atoms with Crippen LogP contribution in [0.15, 0.2) is 54.7 Å². The van der Waals surface area contributed by atoms with E-state index in [-0.39, 0.29) is 5.91 Å². The first-order chi connectivity index (χ1) is 10.6. The number of benzene rings is 2. The van der Waals surface area contributed by atoms with E-state index in [4.69, 9.17) is 11.6 Å². The fourth-order valence-corrected chi connectivity index (χ4v) is 2.75. The second-order valence-electron chi connectivity index (χ2n) is 5.30. The molecule has 0 atom stereocenters. The van der Waals surface area contributed by atoms with E-state index >= 15 is 0 Å². The molecule has 0 aliphatic rings. The van der Waals surface area contributed by atoms with Gasteiger partial charge in [0.2, 0.25) is 0 Å². The SMILES string of the molecule is Cn1ccc2ccc(C(=O)NCCc3ccccc3Cl)cc21. The van der Waals surface area contributed by atoms with Crippen LogP contribution in [0.5, 0.6) is 0 Å². The first-order valence-corrected chi connectivity index (χ1v) is 7.59. The van der Waals surface area contributed by atoms with Crippen LogP contribution in [-0.2, 0) is 13.5 Å². The van der Waals surface area contributed by atoms with Crippen molar-refractivity contribution in [1.29, 1.82) is 0 Å².